The summed E-state index contributed by atoms with van der Waals surface area (Å²) in [6.45, 7) is 10.2. The fraction of sp³-hybridized carbons (Fsp3) is 0.429. The fourth-order valence-electron chi connectivity index (χ4n) is 3.01. The van der Waals surface area contributed by atoms with E-state index in [1.165, 1.54) is 10.9 Å². The van der Waals surface area contributed by atoms with Gasteiger partial charge in [-0.3, -0.25) is 4.79 Å². The Hall–Kier alpha value is -2.12. The van der Waals surface area contributed by atoms with Crippen molar-refractivity contribution in [1.29, 1.82) is 0 Å². The quantitative estimate of drug-likeness (QED) is 0.426. The third-order valence-electron chi connectivity index (χ3n) is 4.77. The van der Waals surface area contributed by atoms with Crippen molar-refractivity contribution in [2.75, 3.05) is 6.26 Å². The van der Waals surface area contributed by atoms with E-state index in [0.717, 1.165) is 41.4 Å². The lowest BCUT2D eigenvalue weighted by Crippen LogP contribution is -2.14. The maximum Gasteiger partial charge on any atom is 0.307 e. The van der Waals surface area contributed by atoms with Crippen LogP contribution in [0.4, 0.5) is 0 Å². The highest BCUT2D eigenvalue weighted by atomic mass is 35.5. The van der Waals surface area contributed by atoms with Gasteiger partial charge in [0.05, 0.1) is 12.5 Å². The lowest BCUT2D eigenvalue weighted by Gasteiger charge is -2.15. The molecule has 6 nitrogen and oxygen atoms in total. The molecule has 2 rings (SSSR count). The van der Waals surface area contributed by atoms with E-state index in [0.29, 0.717) is 17.1 Å². The van der Waals surface area contributed by atoms with Crippen LogP contribution in [0.15, 0.2) is 23.9 Å². The summed E-state index contributed by atoms with van der Waals surface area (Å²) < 4.78 is 30.1. The minimum Gasteiger partial charge on any atom is -0.361 e. The van der Waals surface area contributed by atoms with E-state index in [1.54, 1.807) is 12.1 Å². The summed E-state index contributed by atoms with van der Waals surface area (Å²) >= 11 is 6.40. The number of ketones is 1. The summed E-state index contributed by atoms with van der Waals surface area (Å²) in [5, 5.41) is 4.75. The van der Waals surface area contributed by atoms with Gasteiger partial charge in [0, 0.05) is 17.1 Å². The molecule has 0 bridgehead atoms. The molecule has 0 N–H and O–H groups in total. The molecule has 0 amide bonds. The number of rotatable bonds is 8. The average Bonchev–Trinajstić information content (AvgIpc) is 3.00. The van der Waals surface area contributed by atoms with Crippen LogP contribution in [0.1, 0.15) is 67.6 Å². The molecule has 2 aromatic rings. The highest BCUT2D eigenvalue weighted by Gasteiger charge is 2.25. The normalized spacial score (nSPS) is 11.4. The number of allylic oxidation sites excluding steroid dienone is 2. The zero-order valence-corrected chi connectivity index (χ0v) is 19.2. The number of carbonyl (C=O) groups excluding carboxylic acids is 1. The molecule has 0 saturated carbocycles. The smallest absolute Gasteiger partial charge is 0.307 e. The Morgan fingerprint density at radius 1 is 1.21 bits per heavy atom. The maximum absolute atomic E-state index is 13.3. The van der Waals surface area contributed by atoms with Gasteiger partial charge in [-0.2, -0.15) is 13.5 Å². The lowest BCUT2D eigenvalue weighted by molar-refractivity contribution is 0.103. The molecule has 0 aliphatic heterocycles. The zero-order chi connectivity index (χ0) is 21.9. The van der Waals surface area contributed by atoms with Gasteiger partial charge in [-0.05, 0) is 62.9 Å². The molecule has 0 spiro atoms. The minimum absolute atomic E-state index is 0.0548. The molecule has 0 unspecified atom stereocenters. The Morgan fingerprint density at radius 2 is 1.86 bits per heavy atom. The van der Waals surface area contributed by atoms with Crippen molar-refractivity contribution < 1.29 is 17.4 Å². The molecular weight excluding hydrogens is 412 g/mol. The van der Waals surface area contributed by atoms with Crippen molar-refractivity contribution in [3.8, 4) is 5.88 Å². The molecule has 0 fully saturated rings. The molecule has 0 aliphatic rings. The van der Waals surface area contributed by atoms with Gasteiger partial charge in [0.2, 0.25) is 5.88 Å². The second-order valence-corrected chi connectivity index (χ2v) is 9.26. The van der Waals surface area contributed by atoms with Crippen molar-refractivity contribution in [1.82, 2.24) is 9.78 Å². The third kappa shape index (κ3) is 5.28. The van der Waals surface area contributed by atoms with E-state index in [4.69, 9.17) is 15.8 Å². The standard InChI is InChI=1S/C21H27ClN2O4S/c1-7-8-11-24-21(28-29(6,26)27)17(12-23-24)20(25)16-9-10-18(22)19(15(16)5)14(4)13(2)3/h9-10,12H,7-8,11H2,1-6H3. The Labute approximate surface area is 177 Å². The Bertz CT molecular complexity index is 1060. The van der Waals surface area contributed by atoms with Crippen LogP contribution in [0.2, 0.25) is 5.02 Å². The van der Waals surface area contributed by atoms with Crippen molar-refractivity contribution in [3.05, 3.63) is 51.2 Å². The van der Waals surface area contributed by atoms with Crippen LogP contribution in [0.3, 0.4) is 0 Å². The zero-order valence-electron chi connectivity index (χ0n) is 17.7. The molecule has 29 heavy (non-hydrogen) atoms. The Morgan fingerprint density at radius 3 is 2.41 bits per heavy atom. The fourth-order valence-corrected chi connectivity index (χ4v) is 3.82. The molecule has 8 heteroatoms. The first kappa shape index (κ1) is 23.2. The number of aryl methyl sites for hydroxylation is 1. The largest absolute Gasteiger partial charge is 0.361 e. The van der Waals surface area contributed by atoms with E-state index in [1.807, 2.05) is 34.6 Å². The topological polar surface area (TPSA) is 78.3 Å². The van der Waals surface area contributed by atoms with Gasteiger partial charge in [0.25, 0.3) is 0 Å². The van der Waals surface area contributed by atoms with Crippen molar-refractivity contribution >= 4 is 33.1 Å². The van der Waals surface area contributed by atoms with Crippen LogP contribution in [-0.4, -0.2) is 30.2 Å². The number of nitrogens with zero attached hydrogens (tertiary/aromatic N) is 2. The highest BCUT2D eigenvalue weighted by molar-refractivity contribution is 7.86. The van der Waals surface area contributed by atoms with Crippen molar-refractivity contribution in [2.45, 2.75) is 54.0 Å². The molecule has 0 radical (unpaired) electrons. The van der Waals surface area contributed by atoms with E-state index in [9.17, 15) is 13.2 Å². The molecule has 1 aromatic heterocycles. The van der Waals surface area contributed by atoms with E-state index in [2.05, 4.69) is 5.10 Å². The summed E-state index contributed by atoms with van der Waals surface area (Å²) in [6, 6.07) is 3.33. The van der Waals surface area contributed by atoms with Crippen molar-refractivity contribution in [3.63, 3.8) is 0 Å². The predicted molar refractivity (Wildman–Crippen MR) is 116 cm³/mol. The van der Waals surface area contributed by atoms with Crippen LogP contribution in [0, 0.1) is 6.92 Å². The molecule has 1 heterocycles. The number of benzene rings is 1. The van der Waals surface area contributed by atoms with Gasteiger partial charge in [-0.25, -0.2) is 4.68 Å². The second kappa shape index (κ2) is 9.13. The number of aromatic nitrogens is 2. The van der Waals surface area contributed by atoms with Gasteiger partial charge < -0.3 is 4.18 Å². The Kier molecular flexibility index (Phi) is 7.30. The van der Waals surface area contributed by atoms with Gasteiger partial charge in [-0.1, -0.05) is 30.5 Å². The first-order chi connectivity index (χ1) is 13.5. The maximum atomic E-state index is 13.3. The second-order valence-electron chi connectivity index (χ2n) is 7.28. The highest BCUT2D eigenvalue weighted by Crippen LogP contribution is 2.33. The Balaban J connectivity index is 2.62. The summed E-state index contributed by atoms with van der Waals surface area (Å²) in [7, 11) is -3.82. The number of halogens is 1. The lowest BCUT2D eigenvalue weighted by atomic mass is 9.92. The van der Waals surface area contributed by atoms with E-state index >= 15 is 0 Å². The predicted octanol–water partition coefficient (Wildman–Crippen LogP) is 5.03. The number of unbranched alkanes of at least 4 members (excludes halogenated alkanes) is 1. The van der Waals surface area contributed by atoms with Crippen LogP contribution >= 0.6 is 11.6 Å². The molecule has 0 atom stereocenters. The van der Waals surface area contributed by atoms with Crippen LogP contribution in [0.25, 0.3) is 5.57 Å². The van der Waals surface area contributed by atoms with Gasteiger partial charge in [0.15, 0.2) is 5.78 Å². The molecule has 1 aromatic carbocycles. The van der Waals surface area contributed by atoms with Crippen molar-refractivity contribution in [2.24, 2.45) is 0 Å². The summed E-state index contributed by atoms with van der Waals surface area (Å²) in [5.41, 5.74) is 4.16. The molecule has 158 valence electrons. The minimum atomic E-state index is -3.82. The third-order valence-corrected chi connectivity index (χ3v) is 5.55. The van der Waals surface area contributed by atoms with E-state index < -0.39 is 10.1 Å². The van der Waals surface area contributed by atoms with Gasteiger partial charge in [0.1, 0.15) is 5.56 Å². The monoisotopic (exact) mass is 438 g/mol. The molecule has 0 saturated heterocycles. The number of hydrogen-bond acceptors (Lipinski definition) is 5. The summed E-state index contributed by atoms with van der Waals surface area (Å²) in [4.78, 5) is 13.3. The first-order valence-corrected chi connectivity index (χ1v) is 11.6. The number of carbonyl (C=O) groups is 1. The van der Waals surface area contributed by atoms with Crippen LogP contribution < -0.4 is 4.18 Å². The van der Waals surface area contributed by atoms with E-state index in [-0.39, 0.29) is 17.2 Å². The van der Waals surface area contributed by atoms with Crippen LogP contribution in [0.5, 0.6) is 5.88 Å². The summed E-state index contributed by atoms with van der Waals surface area (Å²) in [5.74, 6) is -0.413. The SMILES string of the molecule is CCCCn1ncc(C(=O)c2ccc(Cl)c(C(C)=C(C)C)c2C)c1OS(C)(=O)=O. The summed E-state index contributed by atoms with van der Waals surface area (Å²) in [6.07, 6.45) is 3.98. The molecular formula is C21H27ClN2O4S. The number of hydrogen-bond donors (Lipinski definition) is 0. The van der Waals surface area contributed by atoms with Gasteiger partial charge >= 0.3 is 10.1 Å². The first-order valence-electron chi connectivity index (χ1n) is 9.41. The average molecular weight is 439 g/mol. The van der Waals surface area contributed by atoms with Gasteiger partial charge in [-0.15, -0.1) is 0 Å². The van der Waals surface area contributed by atoms with Crippen LogP contribution in [-0.2, 0) is 16.7 Å². The molecule has 0 aliphatic carbocycles.